The fourth-order valence-electron chi connectivity index (χ4n) is 2.30. The minimum atomic E-state index is 0.0650. The molecule has 4 heteroatoms. The number of benzene rings is 1. The molecule has 0 bridgehead atoms. The number of aromatic nitrogens is 1. The van der Waals surface area contributed by atoms with E-state index in [-0.39, 0.29) is 5.91 Å². The second kappa shape index (κ2) is 6.57. The van der Waals surface area contributed by atoms with Gasteiger partial charge in [-0.3, -0.25) is 4.79 Å². The third-order valence-electron chi connectivity index (χ3n) is 3.29. The lowest BCUT2D eigenvalue weighted by Crippen LogP contribution is -2.30. The minimum Gasteiger partial charge on any atom is -0.354 e. The zero-order valence-corrected chi connectivity index (χ0v) is 12.4. The Morgan fingerprint density at radius 3 is 2.80 bits per heavy atom. The molecule has 1 heterocycles. The number of hydrogen-bond donors (Lipinski definition) is 2. The van der Waals surface area contributed by atoms with Gasteiger partial charge < -0.3 is 15.2 Å². The number of carbonyl (C=O) groups is 1. The van der Waals surface area contributed by atoms with Gasteiger partial charge in [0.15, 0.2) is 0 Å². The quantitative estimate of drug-likeness (QED) is 0.847. The van der Waals surface area contributed by atoms with Gasteiger partial charge in [0, 0.05) is 30.2 Å². The normalized spacial score (nSPS) is 11.2. The van der Waals surface area contributed by atoms with Crippen molar-refractivity contribution in [1.82, 2.24) is 15.2 Å². The highest BCUT2D eigenvalue weighted by atomic mass is 16.1. The zero-order chi connectivity index (χ0) is 14.5. The van der Waals surface area contributed by atoms with Crippen molar-refractivity contribution in [3.05, 3.63) is 36.0 Å². The monoisotopic (exact) mass is 273 g/mol. The predicted molar refractivity (Wildman–Crippen MR) is 82.5 cm³/mol. The summed E-state index contributed by atoms with van der Waals surface area (Å²) >= 11 is 0. The Morgan fingerprint density at radius 1 is 1.30 bits per heavy atom. The lowest BCUT2D eigenvalue weighted by atomic mass is 10.1. The van der Waals surface area contributed by atoms with Crippen molar-refractivity contribution in [2.24, 2.45) is 5.92 Å². The molecule has 4 nitrogen and oxygen atoms in total. The summed E-state index contributed by atoms with van der Waals surface area (Å²) in [4.78, 5) is 11.9. The SMILES string of the molecule is CNCc1cccc2c1ccn2CC(=O)NCC(C)C. The van der Waals surface area contributed by atoms with Crippen LogP contribution in [0.1, 0.15) is 19.4 Å². The highest BCUT2D eigenvalue weighted by molar-refractivity contribution is 5.85. The van der Waals surface area contributed by atoms with Crippen LogP contribution >= 0.6 is 0 Å². The molecule has 0 spiro atoms. The molecule has 1 aromatic carbocycles. The van der Waals surface area contributed by atoms with Gasteiger partial charge in [0.2, 0.25) is 5.91 Å². The summed E-state index contributed by atoms with van der Waals surface area (Å²) in [5, 5.41) is 7.33. The van der Waals surface area contributed by atoms with Crippen LogP contribution in [0.2, 0.25) is 0 Å². The number of amides is 1. The molecule has 0 aliphatic heterocycles. The van der Waals surface area contributed by atoms with Crippen molar-refractivity contribution in [2.45, 2.75) is 26.9 Å². The molecule has 0 aliphatic rings. The average molecular weight is 273 g/mol. The second-order valence-corrected chi connectivity index (χ2v) is 5.52. The Balaban J connectivity index is 2.15. The number of fused-ring (bicyclic) bond motifs is 1. The molecule has 1 amide bonds. The smallest absolute Gasteiger partial charge is 0.239 e. The average Bonchev–Trinajstić information content (AvgIpc) is 2.81. The molecule has 1 aromatic heterocycles. The molecule has 108 valence electrons. The van der Waals surface area contributed by atoms with E-state index in [1.54, 1.807) is 0 Å². The van der Waals surface area contributed by atoms with E-state index in [2.05, 4.69) is 42.7 Å². The van der Waals surface area contributed by atoms with Gasteiger partial charge in [-0.05, 0) is 30.7 Å². The Labute approximate surface area is 120 Å². The molecule has 0 radical (unpaired) electrons. The van der Waals surface area contributed by atoms with E-state index in [0.717, 1.165) is 18.6 Å². The number of hydrogen-bond acceptors (Lipinski definition) is 2. The van der Waals surface area contributed by atoms with E-state index in [0.29, 0.717) is 12.5 Å². The van der Waals surface area contributed by atoms with Crippen molar-refractivity contribution in [2.75, 3.05) is 13.6 Å². The number of carbonyl (C=O) groups excluding carboxylic acids is 1. The molecule has 0 atom stereocenters. The fraction of sp³-hybridized carbons (Fsp3) is 0.438. The lowest BCUT2D eigenvalue weighted by molar-refractivity contribution is -0.121. The van der Waals surface area contributed by atoms with E-state index in [1.165, 1.54) is 10.9 Å². The highest BCUT2D eigenvalue weighted by Crippen LogP contribution is 2.20. The molecule has 0 saturated carbocycles. The van der Waals surface area contributed by atoms with Gasteiger partial charge >= 0.3 is 0 Å². The highest BCUT2D eigenvalue weighted by Gasteiger charge is 2.08. The summed E-state index contributed by atoms with van der Waals surface area (Å²) < 4.78 is 2.00. The van der Waals surface area contributed by atoms with Gasteiger partial charge in [-0.15, -0.1) is 0 Å². The van der Waals surface area contributed by atoms with Crippen molar-refractivity contribution in [3.8, 4) is 0 Å². The molecule has 0 unspecified atom stereocenters. The van der Waals surface area contributed by atoms with Gasteiger partial charge in [-0.25, -0.2) is 0 Å². The van der Waals surface area contributed by atoms with E-state index in [4.69, 9.17) is 0 Å². The van der Waals surface area contributed by atoms with Gasteiger partial charge in [-0.2, -0.15) is 0 Å². The molecular weight excluding hydrogens is 250 g/mol. The van der Waals surface area contributed by atoms with Crippen molar-refractivity contribution < 1.29 is 4.79 Å². The van der Waals surface area contributed by atoms with Crippen LogP contribution in [0.3, 0.4) is 0 Å². The first-order valence-electron chi connectivity index (χ1n) is 7.10. The number of nitrogens with one attached hydrogen (secondary N) is 2. The standard InChI is InChI=1S/C16H23N3O/c1-12(2)9-18-16(20)11-19-8-7-14-13(10-17-3)5-4-6-15(14)19/h4-8,12,17H,9-11H2,1-3H3,(H,18,20). The summed E-state index contributed by atoms with van der Waals surface area (Å²) in [5.74, 6) is 0.540. The summed E-state index contributed by atoms with van der Waals surface area (Å²) in [6.07, 6.45) is 1.98. The third kappa shape index (κ3) is 3.39. The first kappa shape index (κ1) is 14.6. The van der Waals surface area contributed by atoms with Gasteiger partial charge in [0.1, 0.15) is 6.54 Å². The van der Waals surface area contributed by atoms with Crippen LogP contribution in [-0.2, 0) is 17.9 Å². The maximum atomic E-state index is 11.9. The Hall–Kier alpha value is -1.81. The largest absolute Gasteiger partial charge is 0.354 e. The van der Waals surface area contributed by atoms with Crippen LogP contribution in [-0.4, -0.2) is 24.1 Å². The topological polar surface area (TPSA) is 46.1 Å². The van der Waals surface area contributed by atoms with Crippen LogP contribution in [0.4, 0.5) is 0 Å². The lowest BCUT2D eigenvalue weighted by Gasteiger charge is -2.09. The van der Waals surface area contributed by atoms with E-state index >= 15 is 0 Å². The minimum absolute atomic E-state index is 0.0650. The van der Waals surface area contributed by atoms with Crippen LogP contribution < -0.4 is 10.6 Å². The summed E-state index contributed by atoms with van der Waals surface area (Å²) in [5.41, 5.74) is 2.36. The van der Waals surface area contributed by atoms with Crippen LogP contribution in [0.25, 0.3) is 10.9 Å². The zero-order valence-electron chi connectivity index (χ0n) is 12.4. The van der Waals surface area contributed by atoms with Crippen LogP contribution in [0.15, 0.2) is 30.5 Å². The summed E-state index contributed by atoms with van der Waals surface area (Å²) in [6, 6.07) is 8.29. The molecular formula is C16H23N3O. The first-order valence-corrected chi connectivity index (χ1v) is 7.10. The number of nitrogens with zero attached hydrogens (tertiary/aromatic N) is 1. The maximum absolute atomic E-state index is 11.9. The first-order chi connectivity index (χ1) is 9.61. The van der Waals surface area contributed by atoms with Crippen molar-refractivity contribution in [1.29, 1.82) is 0 Å². The Bertz CT molecular complexity index is 586. The van der Waals surface area contributed by atoms with Gasteiger partial charge in [-0.1, -0.05) is 26.0 Å². The third-order valence-corrected chi connectivity index (χ3v) is 3.29. The Kier molecular flexibility index (Phi) is 4.79. The molecule has 0 aliphatic carbocycles. The van der Waals surface area contributed by atoms with E-state index < -0.39 is 0 Å². The van der Waals surface area contributed by atoms with Crippen molar-refractivity contribution >= 4 is 16.8 Å². The van der Waals surface area contributed by atoms with Crippen LogP contribution in [0.5, 0.6) is 0 Å². The molecule has 0 fully saturated rings. The molecule has 0 saturated heterocycles. The molecule has 2 N–H and O–H groups in total. The second-order valence-electron chi connectivity index (χ2n) is 5.52. The fourth-order valence-corrected chi connectivity index (χ4v) is 2.30. The van der Waals surface area contributed by atoms with E-state index in [9.17, 15) is 4.79 Å². The molecule has 2 aromatic rings. The van der Waals surface area contributed by atoms with Crippen molar-refractivity contribution in [3.63, 3.8) is 0 Å². The van der Waals surface area contributed by atoms with Gasteiger partial charge in [0.25, 0.3) is 0 Å². The van der Waals surface area contributed by atoms with Gasteiger partial charge in [0.05, 0.1) is 0 Å². The molecule has 20 heavy (non-hydrogen) atoms. The van der Waals surface area contributed by atoms with E-state index in [1.807, 2.05) is 23.9 Å². The maximum Gasteiger partial charge on any atom is 0.239 e. The number of rotatable bonds is 6. The summed E-state index contributed by atoms with van der Waals surface area (Å²) in [6.45, 7) is 6.12. The predicted octanol–water partition coefficient (Wildman–Crippen LogP) is 2.13. The van der Waals surface area contributed by atoms with Crippen LogP contribution in [0, 0.1) is 5.92 Å². The summed E-state index contributed by atoms with van der Waals surface area (Å²) in [7, 11) is 1.94. The molecule has 2 rings (SSSR count). The Morgan fingerprint density at radius 2 is 2.10 bits per heavy atom.